The molecule has 0 saturated heterocycles. The zero-order valence-corrected chi connectivity index (χ0v) is 12.1. The number of nitrogen functional groups attached to an aromatic ring is 1. The van der Waals surface area contributed by atoms with E-state index >= 15 is 0 Å². The second-order valence-electron chi connectivity index (χ2n) is 4.68. The van der Waals surface area contributed by atoms with Crippen LogP contribution in [-0.2, 0) is 4.79 Å². The summed E-state index contributed by atoms with van der Waals surface area (Å²) in [6, 6.07) is 17.2. The molecule has 0 aliphatic carbocycles. The molecule has 3 rings (SSSR count). The van der Waals surface area contributed by atoms with Crippen LogP contribution in [0.25, 0.3) is 10.9 Å². The number of H-pyrrole nitrogens is 1. The van der Waals surface area contributed by atoms with Crippen molar-refractivity contribution < 1.29 is 4.79 Å². The number of para-hydroxylation sites is 1. The highest BCUT2D eigenvalue weighted by atomic mass is 32.2. The quantitative estimate of drug-likeness (QED) is 0.510. The number of carbonyl (C=O) groups excluding carboxylic acids is 1. The molecule has 0 spiro atoms. The van der Waals surface area contributed by atoms with Crippen LogP contribution in [0.4, 0.5) is 11.4 Å². The second kappa shape index (κ2) is 5.93. The summed E-state index contributed by atoms with van der Waals surface area (Å²) >= 11 is 1.48. The van der Waals surface area contributed by atoms with Gasteiger partial charge < -0.3 is 16.0 Å². The van der Waals surface area contributed by atoms with Gasteiger partial charge in [0.2, 0.25) is 5.91 Å². The van der Waals surface area contributed by atoms with Crippen molar-refractivity contribution in [3.8, 4) is 0 Å². The zero-order valence-electron chi connectivity index (χ0n) is 11.3. The van der Waals surface area contributed by atoms with Crippen LogP contribution >= 0.6 is 11.8 Å². The van der Waals surface area contributed by atoms with Crippen LogP contribution in [0.5, 0.6) is 0 Å². The van der Waals surface area contributed by atoms with Crippen LogP contribution in [0.3, 0.4) is 0 Å². The fourth-order valence-electron chi connectivity index (χ4n) is 2.03. The number of rotatable bonds is 4. The number of carbonyl (C=O) groups is 1. The highest BCUT2D eigenvalue weighted by Crippen LogP contribution is 2.23. The topological polar surface area (TPSA) is 70.9 Å². The van der Waals surface area contributed by atoms with E-state index in [4.69, 9.17) is 5.73 Å². The lowest BCUT2D eigenvalue weighted by molar-refractivity contribution is -0.113. The lowest BCUT2D eigenvalue weighted by Gasteiger charge is -2.04. The second-order valence-corrected chi connectivity index (χ2v) is 5.70. The summed E-state index contributed by atoms with van der Waals surface area (Å²) in [4.78, 5) is 15.2. The van der Waals surface area contributed by atoms with E-state index in [0.29, 0.717) is 11.4 Å². The highest BCUT2D eigenvalue weighted by Gasteiger charge is 2.06. The third-order valence-electron chi connectivity index (χ3n) is 3.06. The average Bonchev–Trinajstić information content (AvgIpc) is 2.90. The molecule has 0 saturated carbocycles. The van der Waals surface area contributed by atoms with Gasteiger partial charge in [0.1, 0.15) is 0 Å². The van der Waals surface area contributed by atoms with Gasteiger partial charge in [-0.1, -0.05) is 30.0 Å². The summed E-state index contributed by atoms with van der Waals surface area (Å²) in [5.74, 6) is 0.320. The number of thioether (sulfide) groups is 1. The van der Waals surface area contributed by atoms with Gasteiger partial charge in [-0.05, 0) is 36.4 Å². The first-order chi connectivity index (χ1) is 10.2. The minimum atomic E-state index is -0.0385. The van der Waals surface area contributed by atoms with Gasteiger partial charge in [0.15, 0.2) is 0 Å². The number of nitrogens with one attached hydrogen (secondary N) is 2. The Hall–Kier alpha value is -2.40. The minimum absolute atomic E-state index is 0.0385. The van der Waals surface area contributed by atoms with E-state index < -0.39 is 0 Å². The molecule has 4 nitrogen and oxygen atoms in total. The van der Waals surface area contributed by atoms with Gasteiger partial charge in [0, 0.05) is 22.3 Å². The Bertz CT molecular complexity index is 732. The number of hydrogen-bond acceptors (Lipinski definition) is 3. The number of aromatic nitrogens is 1. The first-order valence-corrected chi connectivity index (χ1v) is 7.55. The molecule has 0 radical (unpaired) electrons. The predicted octanol–water partition coefficient (Wildman–Crippen LogP) is 3.48. The highest BCUT2D eigenvalue weighted by molar-refractivity contribution is 7.99. The maximum Gasteiger partial charge on any atom is 0.234 e. The van der Waals surface area contributed by atoms with E-state index in [1.54, 1.807) is 24.3 Å². The van der Waals surface area contributed by atoms with Gasteiger partial charge in [0.25, 0.3) is 0 Å². The summed E-state index contributed by atoms with van der Waals surface area (Å²) in [5, 5.41) is 4.99. The molecule has 1 aromatic heterocycles. The number of anilines is 2. The molecular weight excluding hydrogens is 282 g/mol. The van der Waals surface area contributed by atoms with Crippen molar-refractivity contribution in [1.82, 2.24) is 4.98 Å². The van der Waals surface area contributed by atoms with Crippen LogP contribution in [0.15, 0.2) is 59.6 Å². The molecule has 3 aromatic rings. The van der Waals surface area contributed by atoms with E-state index in [1.807, 2.05) is 24.3 Å². The van der Waals surface area contributed by atoms with E-state index in [0.717, 1.165) is 21.6 Å². The van der Waals surface area contributed by atoms with E-state index in [1.165, 1.54) is 11.8 Å². The number of hydrogen-bond donors (Lipinski definition) is 3. The SMILES string of the molecule is Nc1ccc(NC(=O)CSc2cc3ccccc3[nH]2)cc1. The van der Waals surface area contributed by atoms with Crippen molar-refractivity contribution in [2.24, 2.45) is 0 Å². The molecule has 21 heavy (non-hydrogen) atoms. The molecule has 106 valence electrons. The zero-order chi connectivity index (χ0) is 14.7. The molecule has 4 N–H and O–H groups in total. The Morgan fingerprint density at radius 1 is 1.14 bits per heavy atom. The van der Waals surface area contributed by atoms with E-state index in [9.17, 15) is 4.79 Å². The summed E-state index contributed by atoms with van der Waals surface area (Å²) in [7, 11) is 0. The fourth-order valence-corrected chi connectivity index (χ4v) is 2.78. The molecule has 1 heterocycles. The van der Waals surface area contributed by atoms with Crippen LogP contribution < -0.4 is 11.1 Å². The molecular formula is C16H15N3OS. The summed E-state index contributed by atoms with van der Waals surface area (Å²) in [6.07, 6.45) is 0. The maximum absolute atomic E-state index is 11.9. The van der Waals surface area contributed by atoms with Crippen LogP contribution in [0, 0.1) is 0 Å². The smallest absolute Gasteiger partial charge is 0.234 e. The predicted molar refractivity (Wildman–Crippen MR) is 88.5 cm³/mol. The van der Waals surface area contributed by atoms with Crippen molar-refractivity contribution in [3.05, 3.63) is 54.6 Å². The van der Waals surface area contributed by atoms with Gasteiger partial charge >= 0.3 is 0 Å². The van der Waals surface area contributed by atoms with Gasteiger partial charge in [0.05, 0.1) is 10.8 Å². The van der Waals surface area contributed by atoms with Gasteiger partial charge in [-0.15, -0.1) is 0 Å². The summed E-state index contributed by atoms with van der Waals surface area (Å²) in [6.45, 7) is 0. The summed E-state index contributed by atoms with van der Waals surface area (Å²) in [5.41, 5.74) is 8.13. The monoisotopic (exact) mass is 297 g/mol. The van der Waals surface area contributed by atoms with Crippen molar-refractivity contribution in [2.45, 2.75) is 5.03 Å². The lowest BCUT2D eigenvalue weighted by atomic mass is 10.3. The third kappa shape index (κ3) is 3.38. The van der Waals surface area contributed by atoms with Crippen molar-refractivity contribution in [2.75, 3.05) is 16.8 Å². The molecule has 0 aliphatic heterocycles. The Labute approximate surface area is 126 Å². The first-order valence-electron chi connectivity index (χ1n) is 6.57. The fraction of sp³-hybridized carbons (Fsp3) is 0.0625. The van der Waals surface area contributed by atoms with Gasteiger partial charge in [-0.25, -0.2) is 0 Å². The Morgan fingerprint density at radius 2 is 1.90 bits per heavy atom. The molecule has 2 aromatic carbocycles. The molecule has 0 aliphatic rings. The number of fused-ring (bicyclic) bond motifs is 1. The van der Waals surface area contributed by atoms with Gasteiger partial charge in [-0.2, -0.15) is 0 Å². The van der Waals surface area contributed by atoms with E-state index in [-0.39, 0.29) is 5.91 Å². The van der Waals surface area contributed by atoms with E-state index in [2.05, 4.69) is 16.4 Å². The van der Waals surface area contributed by atoms with Crippen LogP contribution in [0.2, 0.25) is 0 Å². The Balaban J connectivity index is 1.59. The first kappa shape index (κ1) is 13.6. The van der Waals surface area contributed by atoms with Crippen molar-refractivity contribution in [3.63, 3.8) is 0 Å². The minimum Gasteiger partial charge on any atom is -0.399 e. The average molecular weight is 297 g/mol. The van der Waals surface area contributed by atoms with Crippen molar-refractivity contribution >= 4 is 39.9 Å². The maximum atomic E-state index is 11.9. The Kier molecular flexibility index (Phi) is 3.83. The molecule has 0 bridgehead atoms. The lowest BCUT2D eigenvalue weighted by Crippen LogP contribution is -2.13. The van der Waals surface area contributed by atoms with Crippen molar-refractivity contribution in [1.29, 1.82) is 0 Å². The standard InChI is InChI=1S/C16H15N3OS/c17-12-5-7-13(8-6-12)18-15(20)10-21-16-9-11-3-1-2-4-14(11)19-16/h1-9,19H,10,17H2,(H,18,20). The molecule has 0 unspecified atom stereocenters. The Morgan fingerprint density at radius 3 is 2.67 bits per heavy atom. The normalized spacial score (nSPS) is 10.7. The largest absolute Gasteiger partial charge is 0.399 e. The number of aromatic amines is 1. The van der Waals surface area contributed by atoms with Gasteiger partial charge in [-0.3, -0.25) is 4.79 Å². The van der Waals surface area contributed by atoms with Crippen LogP contribution in [-0.4, -0.2) is 16.6 Å². The number of benzene rings is 2. The number of nitrogens with two attached hydrogens (primary N) is 1. The summed E-state index contributed by atoms with van der Waals surface area (Å²) < 4.78 is 0. The molecule has 0 fully saturated rings. The molecule has 5 heteroatoms. The van der Waals surface area contributed by atoms with Crippen LogP contribution in [0.1, 0.15) is 0 Å². The third-order valence-corrected chi connectivity index (χ3v) is 4.00. The molecule has 1 amide bonds. The number of amides is 1. The molecule has 0 atom stereocenters.